The molecule has 0 atom stereocenters. The minimum Gasteiger partial charge on any atom is -0.494 e. The zero-order valence-corrected chi connectivity index (χ0v) is 52.6. The van der Waals surface area contributed by atoms with E-state index in [2.05, 4.69) is 55.4 Å². The van der Waals surface area contributed by atoms with Crippen molar-refractivity contribution in [1.82, 2.24) is 0 Å². The number of carbonyl (C=O) groups excluding carboxylic acids is 5. The van der Waals surface area contributed by atoms with Gasteiger partial charge in [0.25, 0.3) is 0 Å². The molecule has 16 heteroatoms. The highest BCUT2D eigenvalue weighted by Gasteiger charge is 2.30. The molecule has 0 heterocycles. The van der Waals surface area contributed by atoms with Crippen molar-refractivity contribution in [3.8, 4) is 40.2 Å². The Kier molecular flexibility index (Phi) is 28.0. The van der Waals surface area contributed by atoms with Gasteiger partial charge >= 0.3 is 29.8 Å². The van der Waals surface area contributed by atoms with Gasteiger partial charge in [-0.15, -0.1) is 0 Å². The van der Waals surface area contributed by atoms with Gasteiger partial charge in [-0.25, -0.2) is 14.4 Å². The van der Waals surface area contributed by atoms with Crippen LogP contribution in [-0.2, 0) is 38.2 Å². The zero-order chi connectivity index (χ0) is 63.8. The molecular weight excluding hydrogens is 1150 g/mol. The predicted molar refractivity (Wildman–Crippen MR) is 353 cm³/mol. The van der Waals surface area contributed by atoms with Crippen LogP contribution in [0.25, 0.3) is 21.5 Å². The molecular formula is C75H89NO15. The van der Waals surface area contributed by atoms with E-state index in [1.54, 1.807) is 24.3 Å². The molecule has 2 fully saturated rings. The second kappa shape index (κ2) is 37.4. The summed E-state index contributed by atoms with van der Waals surface area (Å²) in [7, 11) is 0. The molecule has 91 heavy (non-hydrogen) atoms. The van der Waals surface area contributed by atoms with Crippen molar-refractivity contribution in [2.75, 3.05) is 58.2 Å². The lowest BCUT2D eigenvalue weighted by Gasteiger charge is -2.27. The number of anilines is 2. The third-order valence-electron chi connectivity index (χ3n) is 16.6. The van der Waals surface area contributed by atoms with Crippen molar-refractivity contribution in [2.45, 2.75) is 128 Å². The molecule has 1 N–H and O–H groups in total. The number of hydrogen-bond donors (Lipinski definition) is 1. The van der Waals surface area contributed by atoms with Gasteiger partial charge < -0.3 is 52.7 Å². The van der Waals surface area contributed by atoms with E-state index >= 15 is 0 Å². The molecule has 0 aliphatic heterocycles. The summed E-state index contributed by atoms with van der Waals surface area (Å²) in [6.07, 6.45) is 20.6. The van der Waals surface area contributed by atoms with Gasteiger partial charge in [0.05, 0.1) is 64.7 Å². The number of benzene rings is 6. The second-order valence-electron chi connectivity index (χ2n) is 23.4. The number of esters is 5. The van der Waals surface area contributed by atoms with Crippen LogP contribution in [0.3, 0.4) is 0 Å². The summed E-state index contributed by atoms with van der Waals surface area (Å²) in [4.78, 5) is 60.2. The van der Waals surface area contributed by atoms with E-state index in [9.17, 15) is 24.0 Å². The molecule has 8 rings (SSSR count). The van der Waals surface area contributed by atoms with Crippen LogP contribution in [0.1, 0.15) is 128 Å². The fraction of sp³-hybridized carbons (Fsp3) is 0.427. The van der Waals surface area contributed by atoms with Gasteiger partial charge in [0.15, 0.2) is 0 Å². The van der Waals surface area contributed by atoms with Gasteiger partial charge in [0.1, 0.15) is 40.2 Å². The average molecular weight is 1240 g/mol. The molecule has 16 nitrogen and oxygen atoms in total. The van der Waals surface area contributed by atoms with Crippen molar-refractivity contribution in [2.24, 2.45) is 23.7 Å². The van der Waals surface area contributed by atoms with Crippen molar-refractivity contribution < 1.29 is 71.3 Å². The van der Waals surface area contributed by atoms with Crippen LogP contribution in [-0.4, -0.2) is 82.7 Å². The Labute approximate surface area is 535 Å². The summed E-state index contributed by atoms with van der Waals surface area (Å²) in [6.45, 7) is 14.2. The fourth-order valence-corrected chi connectivity index (χ4v) is 11.3. The number of hydrogen-bond acceptors (Lipinski definition) is 16. The standard InChI is InChI=1S/C75H89NO15/c1-4-71(77)85-46-16-10-7-13-43-82-60-29-27-59(28-30-60)76-70-50-58-49-65(88-52-54-19-23-56(24-20-54)74(80)90-63-35-31-61(32-36-63)83-44-14-8-11-17-47-86-72(78)5-2)39-41-67(58)68-42-40-66(51-69(68)70)89-53-55-21-25-57(26-22-55)75(81)91-64-37-33-62(34-38-64)84-45-15-9-12-18-48-87-73(79)6-3/h4-6,27-42,49-51,54-57,76H,1-3,7-26,43-48,52-53H2. The minimum absolute atomic E-state index is 0.175. The lowest BCUT2D eigenvalue weighted by Crippen LogP contribution is -2.27. The molecule has 2 aliphatic rings. The lowest BCUT2D eigenvalue weighted by atomic mass is 9.82. The van der Waals surface area contributed by atoms with E-state index in [1.807, 2.05) is 60.7 Å². The molecule has 0 aromatic heterocycles. The molecule has 0 bridgehead atoms. The number of unbranched alkanes of at least 4 members (excludes halogenated alkanes) is 9. The first-order valence-electron chi connectivity index (χ1n) is 32.5. The van der Waals surface area contributed by atoms with Gasteiger partial charge in [-0.1, -0.05) is 25.8 Å². The quantitative estimate of drug-likeness (QED) is 0.00957. The Hall–Kier alpha value is -8.79. The predicted octanol–water partition coefficient (Wildman–Crippen LogP) is 16.3. The topological polar surface area (TPSA) is 190 Å². The van der Waals surface area contributed by atoms with Crippen molar-refractivity contribution in [3.05, 3.63) is 153 Å². The Bertz CT molecular complexity index is 3290. The summed E-state index contributed by atoms with van der Waals surface area (Å²) >= 11 is 0. The van der Waals surface area contributed by atoms with Gasteiger partial charge in [-0.2, -0.15) is 0 Å². The number of rotatable bonds is 39. The van der Waals surface area contributed by atoms with Crippen LogP contribution in [0, 0.1) is 23.7 Å². The van der Waals surface area contributed by atoms with Crippen molar-refractivity contribution in [3.63, 3.8) is 0 Å². The Morgan fingerprint density at radius 2 is 0.714 bits per heavy atom. The Morgan fingerprint density at radius 1 is 0.363 bits per heavy atom. The smallest absolute Gasteiger partial charge is 0.330 e. The summed E-state index contributed by atoms with van der Waals surface area (Å²) in [5.41, 5.74) is 1.81. The number of carbonyl (C=O) groups is 5. The van der Waals surface area contributed by atoms with E-state index in [1.165, 1.54) is 18.2 Å². The minimum atomic E-state index is -0.396. The first-order chi connectivity index (χ1) is 44.5. The molecule has 0 saturated heterocycles. The van der Waals surface area contributed by atoms with Crippen LogP contribution in [0.2, 0.25) is 0 Å². The first kappa shape index (κ1) is 68.1. The molecule has 0 unspecified atom stereocenters. The number of nitrogens with one attached hydrogen (secondary N) is 1. The van der Waals surface area contributed by atoms with Gasteiger partial charge in [0, 0.05) is 35.0 Å². The normalized spacial score (nSPS) is 16.1. The summed E-state index contributed by atoms with van der Waals surface area (Å²) in [6, 6.07) is 37.0. The molecule has 0 amide bonds. The maximum atomic E-state index is 13.3. The monoisotopic (exact) mass is 1240 g/mol. The highest BCUT2D eigenvalue weighted by Crippen LogP contribution is 2.39. The lowest BCUT2D eigenvalue weighted by molar-refractivity contribution is -0.141. The van der Waals surface area contributed by atoms with Crippen LogP contribution < -0.4 is 38.5 Å². The molecule has 2 saturated carbocycles. The van der Waals surface area contributed by atoms with Crippen LogP contribution in [0.5, 0.6) is 40.2 Å². The van der Waals surface area contributed by atoms with E-state index in [-0.39, 0.29) is 23.8 Å². The maximum Gasteiger partial charge on any atom is 0.330 e. The molecule has 484 valence electrons. The summed E-state index contributed by atoms with van der Waals surface area (Å²) in [5, 5.41) is 7.87. The zero-order valence-electron chi connectivity index (χ0n) is 52.6. The van der Waals surface area contributed by atoms with Gasteiger partial charge in [-0.3, -0.25) is 9.59 Å². The average Bonchev–Trinajstić information content (AvgIpc) is 0.844. The van der Waals surface area contributed by atoms with Crippen molar-refractivity contribution >= 4 is 62.8 Å². The highest BCUT2D eigenvalue weighted by molar-refractivity contribution is 6.14. The van der Waals surface area contributed by atoms with Gasteiger partial charge in [-0.05, 0) is 266 Å². The Morgan fingerprint density at radius 3 is 1.12 bits per heavy atom. The summed E-state index contributed by atoms with van der Waals surface area (Å²) in [5.74, 6) is 3.39. The highest BCUT2D eigenvalue weighted by atomic mass is 16.6. The largest absolute Gasteiger partial charge is 0.494 e. The first-order valence-corrected chi connectivity index (χ1v) is 32.5. The van der Waals surface area contributed by atoms with E-state index in [0.717, 1.165) is 184 Å². The van der Waals surface area contributed by atoms with E-state index in [0.29, 0.717) is 81.9 Å². The van der Waals surface area contributed by atoms with E-state index in [4.69, 9.17) is 47.4 Å². The SMILES string of the molecule is C=CC(=O)OCCCCCCOc1ccc(Nc2cc3cc(OCC4CCC(C(=O)Oc5ccc(OCCCCCCOC(=O)C=C)cc5)CC4)ccc3c3ccc(OCC4CCC(C(=O)Oc5ccc(OCCCCCCOC(=O)C=C)cc5)CC4)cc23)cc1. The molecule has 6 aromatic rings. The number of fused-ring (bicyclic) bond motifs is 3. The third-order valence-corrected chi connectivity index (χ3v) is 16.6. The molecule has 2 aliphatic carbocycles. The van der Waals surface area contributed by atoms with Crippen molar-refractivity contribution in [1.29, 1.82) is 0 Å². The Balaban J connectivity index is 0.814. The molecule has 0 radical (unpaired) electrons. The second-order valence-corrected chi connectivity index (χ2v) is 23.4. The van der Waals surface area contributed by atoms with Gasteiger partial charge in [0.2, 0.25) is 0 Å². The molecule has 0 spiro atoms. The maximum absolute atomic E-state index is 13.3. The van der Waals surface area contributed by atoms with E-state index < -0.39 is 17.9 Å². The number of ether oxygens (including phenoxy) is 10. The van der Waals surface area contributed by atoms with Crippen LogP contribution in [0.4, 0.5) is 11.4 Å². The van der Waals surface area contributed by atoms with Crippen LogP contribution in [0.15, 0.2) is 153 Å². The molecule has 6 aromatic carbocycles. The third kappa shape index (κ3) is 23.2. The summed E-state index contributed by atoms with van der Waals surface area (Å²) < 4.78 is 57.7. The van der Waals surface area contributed by atoms with Crippen LogP contribution >= 0.6 is 0 Å². The fourth-order valence-electron chi connectivity index (χ4n) is 11.3.